The van der Waals surface area contributed by atoms with Crippen molar-refractivity contribution in [2.75, 3.05) is 26.2 Å². The first-order chi connectivity index (χ1) is 9.16. The van der Waals surface area contributed by atoms with Gasteiger partial charge >= 0.3 is 6.03 Å². The molecule has 1 fully saturated rings. The Morgan fingerprint density at radius 1 is 1.47 bits per heavy atom. The summed E-state index contributed by atoms with van der Waals surface area (Å²) in [6, 6.07) is -0.311. The van der Waals surface area contributed by atoms with Crippen molar-refractivity contribution in [1.82, 2.24) is 30.3 Å². The number of carbonyl (C=O) groups is 1. The average molecular weight is 266 g/mol. The normalized spacial score (nSPS) is 17.4. The Balaban J connectivity index is 1.67. The van der Waals surface area contributed by atoms with Gasteiger partial charge in [-0.15, -0.1) is 10.2 Å². The van der Waals surface area contributed by atoms with E-state index in [9.17, 15) is 4.79 Å². The minimum Gasteiger partial charge on any atom is -0.337 e. The number of aryl methyl sites for hydroxylation is 1. The van der Waals surface area contributed by atoms with E-state index < -0.39 is 0 Å². The van der Waals surface area contributed by atoms with Gasteiger partial charge in [0, 0.05) is 20.1 Å². The highest BCUT2D eigenvalue weighted by atomic mass is 16.2. The summed E-state index contributed by atoms with van der Waals surface area (Å²) in [4.78, 5) is 14.1. The van der Waals surface area contributed by atoms with Gasteiger partial charge in [0.25, 0.3) is 0 Å². The molecule has 1 atom stereocenters. The van der Waals surface area contributed by atoms with Gasteiger partial charge in [-0.2, -0.15) is 0 Å². The topological polar surface area (TPSA) is 75.1 Å². The first-order valence-electron chi connectivity index (χ1n) is 6.77. The molecule has 1 aliphatic rings. The van der Waals surface area contributed by atoms with Crippen LogP contribution < -0.4 is 10.6 Å². The Morgan fingerprint density at radius 3 is 2.84 bits per heavy atom. The molecule has 1 aliphatic heterocycles. The number of nitrogens with one attached hydrogen (secondary N) is 2. The van der Waals surface area contributed by atoms with Crippen molar-refractivity contribution >= 4 is 6.03 Å². The van der Waals surface area contributed by atoms with Gasteiger partial charge in [0.15, 0.2) is 5.82 Å². The molecule has 7 heteroatoms. The van der Waals surface area contributed by atoms with Crippen molar-refractivity contribution in [3.63, 3.8) is 0 Å². The zero-order chi connectivity index (χ0) is 13.7. The van der Waals surface area contributed by atoms with E-state index in [1.165, 1.54) is 12.8 Å². The summed E-state index contributed by atoms with van der Waals surface area (Å²) in [6.07, 6.45) is 4.17. The summed E-state index contributed by atoms with van der Waals surface area (Å²) >= 11 is 0. The molecule has 0 unspecified atom stereocenters. The molecule has 0 aromatic carbocycles. The molecule has 2 rings (SSSR count). The summed E-state index contributed by atoms with van der Waals surface area (Å²) in [6.45, 7) is 5.80. The molecule has 0 spiro atoms. The first-order valence-corrected chi connectivity index (χ1v) is 6.77. The van der Waals surface area contributed by atoms with Crippen LogP contribution in [0.3, 0.4) is 0 Å². The summed E-state index contributed by atoms with van der Waals surface area (Å²) in [5.74, 6) is 0.745. The molecule has 0 radical (unpaired) electrons. The van der Waals surface area contributed by atoms with E-state index in [1.54, 1.807) is 10.9 Å². The Bertz CT molecular complexity index is 412. The molecule has 2 N–H and O–H groups in total. The molecule has 19 heavy (non-hydrogen) atoms. The minimum atomic E-state index is -0.158. The van der Waals surface area contributed by atoms with Gasteiger partial charge in [0.2, 0.25) is 0 Å². The Morgan fingerprint density at radius 2 is 2.21 bits per heavy atom. The fraction of sp³-hybridized carbons (Fsp3) is 0.750. The molecule has 7 nitrogen and oxygen atoms in total. The van der Waals surface area contributed by atoms with E-state index in [0.29, 0.717) is 6.54 Å². The van der Waals surface area contributed by atoms with Gasteiger partial charge < -0.3 is 20.1 Å². The molecular weight excluding hydrogens is 244 g/mol. The zero-order valence-corrected chi connectivity index (χ0v) is 11.6. The second-order valence-corrected chi connectivity index (χ2v) is 4.97. The summed E-state index contributed by atoms with van der Waals surface area (Å²) in [5.41, 5.74) is 0. The van der Waals surface area contributed by atoms with Gasteiger partial charge in [0.05, 0.1) is 6.04 Å². The van der Waals surface area contributed by atoms with Gasteiger partial charge in [-0.3, -0.25) is 0 Å². The van der Waals surface area contributed by atoms with Gasteiger partial charge in [0.1, 0.15) is 6.33 Å². The zero-order valence-electron chi connectivity index (χ0n) is 11.6. The van der Waals surface area contributed by atoms with Crippen LogP contribution >= 0.6 is 0 Å². The van der Waals surface area contributed by atoms with Gasteiger partial charge in [-0.25, -0.2) is 4.79 Å². The Labute approximate surface area is 113 Å². The number of hydrogen-bond acceptors (Lipinski definition) is 4. The maximum Gasteiger partial charge on any atom is 0.315 e. The monoisotopic (exact) mass is 266 g/mol. The lowest BCUT2D eigenvalue weighted by molar-refractivity contribution is 0.234. The quantitative estimate of drug-likeness (QED) is 0.802. The maximum absolute atomic E-state index is 11.7. The van der Waals surface area contributed by atoms with Crippen molar-refractivity contribution in [2.24, 2.45) is 7.05 Å². The van der Waals surface area contributed by atoms with Crippen LogP contribution in [-0.4, -0.2) is 51.9 Å². The van der Waals surface area contributed by atoms with Crippen LogP contribution in [0.5, 0.6) is 0 Å². The summed E-state index contributed by atoms with van der Waals surface area (Å²) < 4.78 is 1.80. The van der Waals surface area contributed by atoms with Crippen molar-refractivity contribution in [3.05, 3.63) is 12.2 Å². The third kappa shape index (κ3) is 3.92. The van der Waals surface area contributed by atoms with E-state index in [-0.39, 0.29) is 12.1 Å². The van der Waals surface area contributed by atoms with E-state index in [2.05, 4.69) is 25.7 Å². The van der Waals surface area contributed by atoms with Crippen molar-refractivity contribution in [1.29, 1.82) is 0 Å². The number of aromatic nitrogens is 3. The number of carbonyl (C=O) groups excluding carboxylic acids is 1. The molecule has 1 aromatic rings. The molecule has 2 amide bonds. The third-order valence-corrected chi connectivity index (χ3v) is 3.39. The van der Waals surface area contributed by atoms with Crippen LogP contribution in [0.1, 0.15) is 31.6 Å². The summed E-state index contributed by atoms with van der Waals surface area (Å²) in [7, 11) is 1.86. The lowest BCUT2D eigenvalue weighted by atomic mass is 10.3. The van der Waals surface area contributed by atoms with E-state index in [4.69, 9.17) is 0 Å². The van der Waals surface area contributed by atoms with Crippen molar-refractivity contribution in [3.8, 4) is 0 Å². The Kier molecular flexibility index (Phi) is 4.73. The highest BCUT2D eigenvalue weighted by Gasteiger charge is 2.14. The lowest BCUT2D eigenvalue weighted by Crippen LogP contribution is -2.41. The number of hydrogen-bond donors (Lipinski definition) is 2. The Hall–Kier alpha value is -1.63. The van der Waals surface area contributed by atoms with Gasteiger partial charge in [-0.05, 0) is 32.9 Å². The molecule has 0 aliphatic carbocycles. The van der Waals surface area contributed by atoms with Crippen LogP contribution in [0.25, 0.3) is 0 Å². The van der Waals surface area contributed by atoms with Crippen LogP contribution in [0.2, 0.25) is 0 Å². The second-order valence-electron chi connectivity index (χ2n) is 4.97. The van der Waals surface area contributed by atoms with Crippen LogP contribution in [0.4, 0.5) is 4.79 Å². The van der Waals surface area contributed by atoms with Crippen LogP contribution in [0, 0.1) is 0 Å². The number of amides is 2. The SMILES string of the molecule is C[C@@H](NC(=O)NCCN1CCCC1)c1nncn1C. The van der Waals surface area contributed by atoms with E-state index in [0.717, 1.165) is 25.5 Å². The molecule has 106 valence electrons. The van der Waals surface area contributed by atoms with Gasteiger partial charge in [-0.1, -0.05) is 0 Å². The second kappa shape index (κ2) is 6.51. The summed E-state index contributed by atoms with van der Waals surface area (Å²) in [5, 5.41) is 13.5. The molecule has 0 saturated carbocycles. The highest BCUT2D eigenvalue weighted by Crippen LogP contribution is 2.07. The fourth-order valence-electron chi connectivity index (χ4n) is 2.33. The van der Waals surface area contributed by atoms with Crippen molar-refractivity contribution in [2.45, 2.75) is 25.8 Å². The molecule has 2 heterocycles. The first kappa shape index (κ1) is 13.8. The fourth-order valence-corrected chi connectivity index (χ4v) is 2.33. The maximum atomic E-state index is 11.7. The molecule has 0 bridgehead atoms. The van der Waals surface area contributed by atoms with Crippen LogP contribution in [-0.2, 0) is 7.05 Å². The van der Waals surface area contributed by atoms with E-state index in [1.807, 2.05) is 14.0 Å². The molecular formula is C12H22N6O. The molecule has 1 aromatic heterocycles. The smallest absolute Gasteiger partial charge is 0.315 e. The number of urea groups is 1. The van der Waals surface area contributed by atoms with E-state index >= 15 is 0 Å². The standard InChI is InChI=1S/C12H22N6O/c1-10(11-16-14-9-17(11)2)15-12(19)13-5-8-18-6-3-4-7-18/h9-10H,3-8H2,1-2H3,(H2,13,15,19)/t10-/m1/s1. The van der Waals surface area contributed by atoms with Crippen molar-refractivity contribution < 1.29 is 4.79 Å². The lowest BCUT2D eigenvalue weighted by Gasteiger charge is -2.16. The largest absolute Gasteiger partial charge is 0.337 e. The van der Waals surface area contributed by atoms with Crippen LogP contribution in [0.15, 0.2) is 6.33 Å². The minimum absolute atomic E-state index is 0.153. The molecule has 1 saturated heterocycles. The predicted octanol–water partition coefficient (Wildman–Crippen LogP) is 0.271. The highest BCUT2D eigenvalue weighted by molar-refractivity contribution is 5.74. The number of nitrogens with zero attached hydrogens (tertiary/aromatic N) is 4. The average Bonchev–Trinajstić information content (AvgIpc) is 3.00. The number of rotatable bonds is 5. The third-order valence-electron chi connectivity index (χ3n) is 3.39. The predicted molar refractivity (Wildman–Crippen MR) is 71.6 cm³/mol. The number of likely N-dealkylation sites (tertiary alicyclic amines) is 1.